The van der Waals surface area contributed by atoms with Gasteiger partial charge in [-0.2, -0.15) is 5.10 Å². The molecule has 7 nitrogen and oxygen atoms in total. The summed E-state index contributed by atoms with van der Waals surface area (Å²) >= 11 is 0. The lowest BCUT2D eigenvalue weighted by atomic mass is 9.87. The van der Waals surface area contributed by atoms with E-state index in [4.69, 9.17) is 0 Å². The van der Waals surface area contributed by atoms with E-state index in [9.17, 15) is 4.39 Å². The molecular weight excluding hydrogens is 501 g/mol. The Labute approximate surface area is 230 Å². The minimum atomic E-state index is -0.272. The van der Waals surface area contributed by atoms with Crippen molar-refractivity contribution in [3.63, 3.8) is 0 Å². The minimum Gasteiger partial charge on any atom is -0.358 e. The maximum absolute atomic E-state index is 14.6. The molecule has 3 N–H and O–H groups in total. The fraction of sp³-hybridized carbons (Fsp3) is 0.188. The predicted octanol–water partition coefficient (Wildman–Crippen LogP) is 7.88. The SMILES string of the molecule is C=C(Nc1cncc(-c2cc3c(-c4cc5c(-c6ccccc6F)ccnc5[nH]4)n[nH]c3cn2)c1)C1CCCCC1. The summed E-state index contributed by atoms with van der Waals surface area (Å²) in [6.07, 6.45) is 13.3. The molecule has 0 atom stereocenters. The Hall–Kier alpha value is -4.85. The van der Waals surface area contributed by atoms with Crippen LogP contribution >= 0.6 is 0 Å². The van der Waals surface area contributed by atoms with E-state index in [0.29, 0.717) is 17.1 Å². The van der Waals surface area contributed by atoms with Crippen LogP contribution in [0.1, 0.15) is 32.1 Å². The van der Waals surface area contributed by atoms with Gasteiger partial charge >= 0.3 is 0 Å². The van der Waals surface area contributed by atoms with Gasteiger partial charge in [0.15, 0.2) is 0 Å². The number of H-pyrrole nitrogens is 2. The molecule has 5 heterocycles. The Morgan fingerprint density at radius 1 is 0.925 bits per heavy atom. The molecule has 1 aromatic carbocycles. The molecule has 0 saturated heterocycles. The summed E-state index contributed by atoms with van der Waals surface area (Å²) in [5.41, 5.74) is 7.97. The summed E-state index contributed by atoms with van der Waals surface area (Å²) in [5.74, 6) is 0.233. The number of pyridine rings is 3. The number of aromatic nitrogens is 6. The molecule has 0 aliphatic heterocycles. The lowest BCUT2D eigenvalue weighted by molar-refractivity contribution is 0.405. The van der Waals surface area contributed by atoms with Crippen molar-refractivity contribution in [3.8, 4) is 33.8 Å². The normalized spacial score (nSPS) is 14.1. The maximum atomic E-state index is 14.6. The van der Waals surface area contributed by atoms with Gasteiger partial charge in [0.25, 0.3) is 0 Å². The largest absolute Gasteiger partial charge is 0.358 e. The summed E-state index contributed by atoms with van der Waals surface area (Å²) < 4.78 is 14.6. The first kappa shape index (κ1) is 24.2. The van der Waals surface area contributed by atoms with Gasteiger partial charge in [-0.25, -0.2) is 9.37 Å². The number of nitrogens with one attached hydrogen (secondary N) is 3. The lowest BCUT2D eigenvalue weighted by Gasteiger charge is -2.24. The van der Waals surface area contributed by atoms with Gasteiger partial charge in [0.2, 0.25) is 0 Å². The van der Waals surface area contributed by atoms with E-state index >= 15 is 0 Å². The van der Waals surface area contributed by atoms with Crippen molar-refractivity contribution < 1.29 is 4.39 Å². The van der Waals surface area contributed by atoms with Crippen LogP contribution in [0.5, 0.6) is 0 Å². The van der Waals surface area contributed by atoms with Gasteiger partial charge in [-0.1, -0.05) is 44.0 Å². The average molecular weight is 530 g/mol. The molecule has 7 rings (SSSR count). The van der Waals surface area contributed by atoms with Crippen molar-refractivity contribution in [3.05, 3.63) is 91.4 Å². The van der Waals surface area contributed by atoms with Crippen LogP contribution in [0.25, 0.3) is 55.7 Å². The van der Waals surface area contributed by atoms with Gasteiger partial charge < -0.3 is 10.3 Å². The molecule has 0 unspecified atom stereocenters. The molecule has 1 aliphatic rings. The third kappa shape index (κ3) is 4.41. The highest BCUT2D eigenvalue weighted by Gasteiger charge is 2.18. The zero-order valence-corrected chi connectivity index (χ0v) is 21.9. The summed E-state index contributed by atoms with van der Waals surface area (Å²) in [6, 6.07) is 14.7. The fourth-order valence-corrected chi connectivity index (χ4v) is 5.74. The van der Waals surface area contributed by atoms with Gasteiger partial charge in [0, 0.05) is 40.0 Å². The van der Waals surface area contributed by atoms with Gasteiger partial charge in [-0.3, -0.25) is 15.1 Å². The summed E-state index contributed by atoms with van der Waals surface area (Å²) in [5, 5.41) is 12.9. The van der Waals surface area contributed by atoms with E-state index in [1.165, 1.54) is 38.2 Å². The van der Waals surface area contributed by atoms with Crippen LogP contribution in [-0.2, 0) is 0 Å². The zero-order valence-electron chi connectivity index (χ0n) is 21.9. The van der Waals surface area contributed by atoms with Crippen LogP contribution in [0.4, 0.5) is 10.1 Å². The summed E-state index contributed by atoms with van der Waals surface area (Å²) in [6.45, 7) is 4.31. The lowest BCUT2D eigenvalue weighted by Crippen LogP contribution is -2.14. The van der Waals surface area contributed by atoms with Crippen molar-refractivity contribution in [1.82, 2.24) is 30.1 Å². The highest BCUT2D eigenvalue weighted by Crippen LogP contribution is 2.35. The molecule has 5 aromatic heterocycles. The molecule has 40 heavy (non-hydrogen) atoms. The van der Waals surface area contributed by atoms with Gasteiger partial charge in [-0.05, 0) is 54.7 Å². The third-order valence-electron chi connectivity index (χ3n) is 7.84. The average Bonchev–Trinajstić information content (AvgIpc) is 3.62. The number of allylic oxidation sites excluding steroid dienone is 1. The van der Waals surface area contributed by atoms with Gasteiger partial charge in [-0.15, -0.1) is 0 Å². The number of aromatic amines is 2. The molecule has 198 valence electrons. The topological polar surface area (TPSA) is 95.2 Å². The maximum Gasteiger partial charge on any atom is 0.138 e. The first-order valence-corrected chi connectivity index (χ1v) is 13.6. The second-order valence-electron chi connectivity index (χ2n) is 10.4. The van der Waals surface area contributed by atoms with E-state index in [1.807, 2.05) is 36.7 Å². The van der Waals surface area contributed by atoms with Crippen molar-refractivity contribution >= 4 is 27.6 Å². The molecule has 1 fully saturated rings. The number of nitrogens with zero attached hydrogens (tertiary/aromatic N) is 4. The number of halogens is 1. The molecular formula is C32H28FN7. The molecule has 6 aromatic rings. The third-order valence-corrected chi connectivity index (χ3v) is 7.84. The van der Waals surface area contributed by atoms with Crippen LogP contribution in [0.15, 0.2) is 85.6 Å². The predicted molar refractivity (Wildman–Crippen MR) is 157 cm³/mol. The number of benzene rings is 1. The molecule has 0 spiro atoms. The van der Waals surface area contributed by atoms with Crippen LogP contribution < -0.4 is 5.32 Å². The van der Waals surface area contributed by atoms with Crippen molar-refractivity contribution in [2.75, 3.05) is 5.32 Å². The van der Waals surface area contributed by atoms with E-state index in [1.54, 1.807) is 24.5 Å². The summed E-state index contributed by atoms with van der Waals surface area (Å²) in [7, 11) is 0. The molecule has 1 aliphatic carbocycles. The van der Waals surface area contributed by atoms with Crippen molar-refractivity contribution in [1.29, 1.82) is 0 Å². The molecule has 8 heteroatoms. The Bertz CT molecular complexity index is 1860. The monoisotopic (exact) mass is 529 g/mol. The number of rotatable bonds is 6. The minimum absolute atomic E-state index is 0.272. The van der Waals surface area contributed by atoms with Crippen molar-refractivity contribution in [2.24, 2.45) is 5.92 Å². The van der Waals surface area contributed by atoms with Crippen LogP contribution in [0.3, 0.4) is 0 Å². The molecule has 0 radical (unpaired) electrons. The van der Waals surface area contributed by atoms with Gasteiger partial charge in [0.05, 0.1) is 35.0 Å². The first-order valence-electron chi connectivity index (χ1n) is 13.6. The van der Waals surface area contributed by atoms with Crippen molar-refractivity contribution in [2.45, 2.75) is 32.1 Å². The fourth-order valence-electron chi connectivity index (χ4n) is 5.74. The highest BCUT2D eigenvalue weighted by atomic mass is 19.1. The van der Waals surface area contributed by atoms with E-state index in [-0.39, 0.29) is 5.82 Å². The zero-order chi connectivity index (χ0) is 27.1. The number of anilines is 1. The smallest absolute Gasteiger partial charge is 0.138 e. The summed E-state index contributed by atoms with van der Waals surface area (Å²) in [4.78, 5) is 17.0. The van der Waals surface area contributed by atoms with E-state index < -0.39 is 0 Å². The van der Waals surface area contributed by atoms with Crippen LogP contribution in [-0.4, -0.2) is 30.1 Å². The standard InChI is InChI=1S/C32H28FN7/c1-19(20-7-3-2-4-8-20)37-22-13-21(16-34-17-22)28-15-26-30(18-36-28)39-40-31(26)29-14-25-23(11-12-35-32(25)38-29)24-9-5-6-10-27(24)33/h5-6,9-18,20,37H,1-4,7-8H2,(H,35,38)(H,39,40). The highest BCUT2D eigenvalue weighted by molar-refractivity contribution is 6.00. The Kier molecular flexibility index (Phi) is 6.07. The second kappa shape index (κ2) is 10.0. The van der Waals surface area contributed by atoms with Crippen LogP contribution in [0.2, 0.25) is 0 Å². The van der Waals surface area contributed by atoms with Gasteiger partial charge in [0.1, 0.15) is 17.2 Å². The van der Waals surface area contributed by atoms with E-state index in [2.05, 4.69) is 48.1 Å². The number of fused-ring (bicyclic) bond motifs is 2. The molecule has 0 amide bonds. The Morgan fingerprint density at radius 3 is 2.67 bits per heavy atom. The number of hydrogen-bond donors (Lipinski definition) is 3. The van der Waals surface area contributed by atoms with E-state index in [0.717, 1.165) is 55.9 Å². The quantitative estimate of drug-likeness (QED) is 0.204. The second-order valence-corrected chi connectivity index (χ2v) is 10.4. The first-order chi connectivity index (χ1) is 19.6. The Balaban J connectivity index is 1.23. The molecule has 1 saturated carbocycles. The Morgan fingerprint density at radius 2 is 1.80 bits per heavy atom. The number of hydrogen-bond acceptors (Lipinski definition) is 5. The molecule has 0 bridgehead atoms. The van der Waals surface area contributed by atoms with Crippen LogP contribution in [0, 0.1) is 11.7 Å².